The van der Waals surface area contributed by atoms with Gasteiger partial charge in [0.05, 0.1) is 35.9 Å². The third-order valence-corrected chi connectivity index (χ3v) is 9.97. The number of amides is 2. The van der Waals surface area contributed by atoms with Crippen molar-refractivity contribution in [2.45, 2.75) is 43.9 Å². The highest BCUT2D eigenvalue weighted by atomic mass is 16.2. The van der Waals surface area contributed by atoms with E-state index in [1.165, 1.54) is 0 Å². The highest BCUT2D eigenvalue weighted by molar-refractivity contribution is 5.84. The second-order valence-electron chi connectivity index (χ2n) is 14.2. The first-order valence-electron chi connectivity index (χ1n) is 18.2. The van der Waals surface area contributed by atoms with Crippen LogP contribution in [-0.2, 0) is 9.59 Å². The largest absolute Gasteiger partial charge is 0.345 e. The van der Waals surface area contributed by atoms with Crippen molar-refractivity contribution in [2.75, 3.05) is 34.7 Å². The van der Waals surface area contributed by atoms with Crippen LogP contribution < -0.4 is 5.32 Å². The van der Waals surface area contributed by atoms with E-state index in [0.717, 1.165) is 57.9 Å². The van der Waals surface area contributed by atoms with Gasteiger partial charge in [-0.3, -0.25) is 19.4 Å². The van der Waals surface area contributed by atoms with E-state index in [1.807, 2.05) is 141 Å². The van der Waals surface area contributed by atoms with E-state index < -0.39 is 6.04 Å². The molecule has 12 heteroatoms. The zero-order chi connectivity index (χ0) is 37.8. The minimum atomic E-state index is -0.420. The van der Waals surface area contributed by atoms with Crippen LogP contribution >= 0.6 is 0 Å². The molecule has 1 aliphatic rings. The first-order valence-corrected chi connectivity index (χ1v) is 18.2. The van der Waals surface area contributed by atoms with Crippen LogP contribution in [0.4, 0.5) is 0 Å². The lowest BCUT2D eigenvalue weighted by Crippen LogP contribution is -2.40. The number of imidazole rings is 2. The third-order valence-electron chi connectivity index (χ3n) is 9.97. The number of hydrogen-bond acceptors (Lipinski definition) is 8. The first kappa shape index (κ1) is 36.4. The number of likely N-dealkylation sites (N-methyl/N-ethyl adjacent to an activating group) is 2. The second kappa shape index (κ2) is 15.9. The van der Waals surface area contributed by atoms with E-state index in [-0.39, 0.29) is 29.9 Å². The van der Waals surface area contributed by atoms with E-state index in [4.69, 9.17) is 4.98 Å². The Morgan fingerprint density at radius 2 is 1.28 bits per heavy atom. The number of carbonyl (C=O) groups excluding carboxylic acids is 2. The van der Waals surface area contributed by atoms with Crippen molar-refractivity contribution in [1.29, 1.82) is 0 Å². The average Bonchev–Trinajstić information content (AvgIpc) is 3.98. The lowest BCUT2D eigenvalue weighted by molar-refractivity contribution is -0.137. The minimum Gasteiger partial charge on any atom is -0.345 e. The molecule has 4 atom stereocenters. The quantitative estimate of drug-likeness (QED) is 0.133. The molecule has 6 aromatic rings. The number of rotatable bonds is 12. The molecule has 3 N–H and O–H groups in total. The average molecular weight is 723 g/mol. The van der Waals surface area contributed by atoms with Crippen LogP contribution in [0.3, 0.4) is 0 Å². The lowest BCUT2D eigenvalue weighted by Gasteiger charge is -2.31. The summed E-state index contributed by atoms with van der Waals surface area (Å²) in [4.78, 5) is 58.4. The molecule has 7 rings (SSSR count). The molecule has 2 amide bonds. The fourth-order valence-corrected chi connectivity index (χ4v) is 7.22. The maximum atomic E-state index is 13.9. The van der Waals surface area contributed by atoms with E-state index in [0.29, 0.717) is 18.2 Å². The molecule has 276 valence electrons. The van der Waals surface area contributed by atoms with Crippen LogP contribution in [0, 0.1) is 0 Å². The molecule has 1 aliphatic heterocycles. The Kier molecular flexibility index (Phi) is 10.7. The second-order valence-corrected chi connectivity index (χ2v) is 14.2. The molecule has 0 aliphatic carbocycles. The minimum absolute atomic E-state index is 0.0888. The van der Waals surface area contributed by atoms with Gasteiger partial charge in [0.2, 0.25) is 11.8 Å². The molecule has 1 saturated heterocycles. The number of aromatic amines is 2. The van der Waals surface area contributed by atoms with Gasteiger partial charge in [-0.2, -0.15) is 0 Å². The van der Waals surface area contributed by atoms with Gasteiger partial charge >= 0.3 is 0 Å². The number of likely N-dealkylation sites (tertiary alicyclic amines) is 1. The Morgan fingerprint density at radius 1 is 0.704 bits per heavy atom. The number of hydrogen-bond donors (Lipinski definition) is 3. The van der Waals surface area contributed by atoms with Crippen molar-refractivity contribution in [2.24, 2.45) is 0 Å². The fourth-order valence-electron chi connectivity index (χ4n) is 7.22. The number of H-pyrrole nitrogens is 2. The van der Waals surface area contributed by atoms with Crippen molar-refractivity contribution in [1.82, 2.24) is 49.9 Å². The van der Waals surface area contributed by atoms with E-state index in [9.17, 15) is 9.59 Å². The molecule has 0 saturated carbocycles. The predicted molar refractivity (Wildman–Crippen MR) is 209 cm³/mol. The van der Waals surface area contributed by atoms with Gasteiger partial charge in [-0.1, -0.05) is 84.9 Å². The van der Waals surface area contributed by atoms with E-state index >= 15 is 0 Å². The topological polar surface area (TPSA) is 139 Å². The van der Waals surface area contributed by atoms with Gasteiger partial charge in [0, 0.05) is 30.1 Å². The maximum Gasteiger partial charge on any atom is 0.245 e. The number of benzene rings is 3. The van der Waals surface area contributed by atoms with Crippen molar-refractivity contribution in [3.05, 3.63) is 132 Å². The third kappa shape index (κ3) is 7.71. The Morgan fingerprint density at radius 3 is 1.91 bits per heavy atom. The van der Waals surface area contributed by atoms with E-state index in [1.54, 1.807) is 18.6 Å². The summed E-state index contributed by atoms with van der Waals surface area (Å²) < 4.78 is 0. The predicted octanol–water partition coefficient (Wildman–Crippen LogP) is 6.37. The highest BCUT2D eigenvalue weighted by Gasteiger charge is 2.37. The molecule has 0 spiro atoms. The Hall–Kier alpha value is -5.98. The number of carbonyl (C=O) groups is 2. The number of nitrogens with zero attached hydrogens (tertiary/aromatic N) is 7. The molecule has 3 aromatic heterocycles. The molecule has 3 aromatic carbocycles. The smallest absolute Gasteiger partial charge is 0.245 e. The summed E-state index contributed by atoms with van der Waals surface area (Å²) in [5.74, 6) is 2.02. The van der Waals surface area contributed by atoms with Crippen LogP contribution in [-0.4, -0.2) is 91.2 Å². The van der Waals surface area contributed by atoms with Crippen molar-refractivity contribution < 1.29 is 9.59 Å². The van der Waals surface area contributed by atoms with Gasteiger partial charge in [-0.25, -0.2) is 19.9 Å². The molecular weight excluding hydrogens is 677 g/mol. The standard InChI is InChI=1S/C42H46N10O2/c1-27(47-41(53)36(50(2)3)29-13-8-6-9-14-29)38-45-26-34(48-38)32-23-43-39(44-24-32)31-20-18-28(19-21-31)33-25-46-40(49-33)35-17-12-22-52(35)42(54)37(51(4)5)30-15-10-7-11-16-30/h6-11,13-16,18-21,23-27,35-37H,12,17,22H2,1-5H3,(H,45,48)(H,46,49)(H,47,53)/t27-,35?,36-,37?/m0/s1. The highest BCUT2D eigenvalue weighted by Crippen LogP contribution is 2.35. The Labute approximate surface area is 315 Å². The zero-order valence-corrected chi connectivity index (χ0v) is 31.3. The molecule has 4 heterocycles. The van der Waals surface area contributed by atoms with Crippen LogP contribution in [0.15, 0.2) is 110 Å². The maximum absolute atomic E-state index is 13.9. The molecule has 1 fully saturated rings. The summed E-state index contributed by atoms with van der Waals surface area (Å²) in [6.07, 6.45) is 8.90. The SMILES string of the molecule is C[C@H](NC(=O)[C@H](c1ccccc1)N(C)C)c1ncc(-c2cnc(-c3ccc(-c4cnc(C5CCCN5C(=O)C(c5ccccc5)N(C)C)[nH]4)cc3)nc2)[nH]1. The molecule has 54 heavy (non-hydrogen) atoms. The Bertz CT molecular complexity index is 2160. The molecule has 2 unspecified atom stereocenters. The first-order chi connectivity index (χ1) is 26.2. The van der Waals surface area contributed by atoms with Crippen molar-refractivity contribution in [3.63, 3.8) is 0 Å². The van der Waals surface area contributed by atoms with Gasteiger partial charge < -0.3 is 20.2 Å². The summed E-state index contributed by atoms with van der Waals surface area (Å²) in [5.41, 5.74) is 6.20. The van der Waals surface area contributed by atoms with Crippen LogP contribution in [0.5, 0.6) is 0 Å². The normalized spacial score (nSPS) is 16.1. The lowest BCUT2D eigenvalue weighted by atomic mass is 10.0. The summed E-state index contributed by atoms with van der Waals surface area (Å²) in [6, 6.07) is 26.5. The Balaban J connectivity index is 0.992. The van der Waals surface area contributed by atoms with Crippen molar-refractivity contribution in [3.8, 4) is 33.9 Å². The summed E-state index contributed by atoms with van der Waals surface area (Å²) in [6.45, 7) is 2.61. The number of nitrogens with one attached hydrogen (secondary N) is 3. The van der Waals surface area contributed by atoms with Gasteiger partial charge in [0.15, 0.2) is 5.82 Å². The van der Waals surface area contributed by atoms with Gasteiger partial charge in [-0.05, 0) is 64.6 Å². The zero-order valence-electron chi connectivity index (χ0n) is 31.3. The van der Waals surface area contributed by atoms with Crippen LogP contribution in [0.2, 0.25) is 0 Å². The van der Waals surface area contributed by atoms with Crippen molar-refractivity contribution >= 4 is 11.8 Å². The van der Waals surface area contributed by atoms with Gasteiger partial charge in [0.25, 0.3) is 0 Å². The molecular formula is C42H46N10O2. The molecule has 0 bridgehead atoms. The summed E-state index contributed by atoms with van der Waals surface area (Å²) in [5, 5.41) is 3.09. The molecule has 0 radical (unpaired) electrons. The monoisotopic (exact) mass is 722 g/mol. The fraction of sp³-hybridized carbons (Fsp3) is 0.286. The number of aromatic nitrogens is 6. The van der Waals surface area contributed by atoms with E-state index in [2.05, 4.69) is 30.2 Å². The van der Waals surface area contributed by atoms with Gasteiger partial charge in [-0.15, -0.1) is 0 Å². The summed E-state index contributed by atoms with van der Waals surface area (Å²) >= 11 is 0. The molecule has 12 nitrogen and oxygen atoms in total. The van der Waals surface area contributed by atoms with Crippen LogP contribution in [0.1, 0.15) is 66.7 Å². The van der Waals surface area contributed by atoms with Gasteiger partial charge in [0.1, 0.15) is 23.7 Å². The summed E-state index contributed by atoms with van der Waals surface area (Å²) in [7, 11) is 7.68. The van der Waals surface area contributed by atoms with Crippen LogP contribution in [0.25, 0.3) is 33.9 Å².